The molecule has 0 spiro atoms. The highest BCUT2D eigenvalue weighted by Crippen LogP contribution is 2.53. The summed E-state index contributed by atoms with van der Waals surface area (Å²) in [6, 6.07) is -0.164. The van der Waals surface area contributed by atoms with Gasteiger partial charge >= 0.3 is 0 Å². The maximum Gasteiger partial charge on any atom is 0.239 e. The predicted molar refractivity (Wildman–Crippen MR) is 80.5 cm³/mol. The van der Waals surface area contributed by atoms with Crippen LogP contribution in [0.5, 0.6) is 0 Å². The van der Waals surface area contributed by atoms with E-state index in [0.717, 1.165) is 19.3 Å². The summed E-state index contributed by atoms with van der Waals surface area (Å²) in [7, 11) is 3.60. The van der Waals surface area contributed by atoms with Crippen molar-refractivity contribution in [2.24, 2.45) is 11.1 Å². The number of likely N-dealkylation sites (N-methyl/N-ethyl adjacent to an activating group) is 1. The number of methoxy groups -OCH3 is 1. The van der Waals surface area contributed by atoms with Crippen LogP contribution in [0.2, 0.25) is 0 Å². The van der Waals surface area contributed by atoms with Crippen LogP contribution in [0.25, 0.3) is 0 Å². The van der Waals surface area contributed by atoms with Gasteiger partial charge < -0.3 is 15.4 Å². The number of hydrogen-bond acceptors (Lipinski definition) is 3. The zero-order valence-corrected chi connectivity index (χ0v) is 13.8. The first-order valence-corrected chi connectivity index (χ1v) is 6.78. The Morgan fingerprint density at radius 2 is 2.00 bits per heavy atom. The molecule has 1 fully saturated rings. The highest BCUT2D eigenvalue weighted by atomic mass is 35.5. The van der Waals surface area contributed by atoms with E-state index in [2.05, 4.69) is 20.8 Å². The summed E-state index contributed by atoms with van der Waals surface area (Å²) in [6.07, 6.45) is 2.56. The molecule has 0 radical (unpaired) electrons. The molecule has 1 aliphatic rings. The van der Waals surface area contributed by atoms with E-state index in [1.54, 1.807) is 7.11 Å². The Bertz CT molecular complexity index is 323. The van der Waals surface area contributed by atoms with Crippen molar-refractivity contribution < 1.29 is 9.53 Å². The lowest BCUT2D eigenvalue weighted by atomic mass is 9.55. The summed E-state index contributed by atoms with van der Waals surface area (Å²) < 4.78 is 5.59. The lowest BCUT2D eigenvalue weighted by molar-refractivity contribution is -0.207. The molecule has 3 unspecified atom stereocenters. The monoisotopic (exact) mass is 292 g/mol. The summed E-state index contributed by atoms with van der Waals surface area (Å²) in [5.41, 5.74) is 5.72. The van der Waals surface area contributed by atoms with Crippen LogP contribution in [0.4, 0.5) is 0 Å². The second kappa shape index (κ2) is 6.42. The van der Waals surface area contributed by atoms with Gasteiger partial charge in [0.25, 0.3) is 0 Å². The fourth-order valence-electron chi connectivity index (χ4n) is 2.93. The maximum atomic E-state index is 12.2. The van der Waals surface area contributed by atoms with Crippen molar-refractivity contribution in [3.63, 3.8) is 0 Å². The normalized spacial score (nSPS) is 29.9. The minimum atomic E-state index is -0.370. The van der Waals surface area contributed by atoms with Crippen LogP contribution in [0.3, 0.4) is 0 Å². The van der Waals surface area contributed by atoms with E-state index < -0.39 is 0 Å². The molecular formula is C14H29ClN2O2. The molecule has 5 heteroatoms. The molecule has 0 saturated heterocycles. The molecule has 1 amide bonds. The van der Waals surface area contributed by atoms with Crippen molar-refractivity contribution in [3.8, 4) is 0 Å². The van der Waals surface area contributed by atoms with E-state index in [1.807, 2.05) is 18.9 Å². The van der Waals surface area contributed by atoms with Gasteiger partial charge in [-0.3, -0.25) is 4.79 Å². The molecule has 0 aliphatic heterocycles. The molecule has 0 aromatic rings. The van der Waals surface area contributed by atoms with E-state index in [1.165, 1.54) is 0 Å². The second-order valence-electron chi connectivity index (χ2n) is 6.22. The van der Waals surface area contributed by atoms with Crippen LogP contribution < -0.4 is 5.73 Å². The van der Waals surface area contributed by atoms with Crippen molar-refractivity contribution in [1.82, 2.24) is 4.90 Å². The van der Waals surface area contributed by atoms with Gasteiger partial charge in [-0.15, -0.1) is 12.4 Å². The van der Waals surface area contributed by atoms with Crippen LogP contribution in [-0.4, -0.2) is 42.6 Å². The number of amides is 1. The molecule has 3 atom stereocenters. The maximum absolute atomic E-state index is 12.2. The van der Waals surface area contributed by atoms with Crippen LogP contribution >= 0.6 is 12.4 Å². The predicted octanol–water partition coefficient (Wildman–Crippen LogP) is 2.20. The Morgan fingerprint density at radius 1 is 1.47 bits per heavy atom. The third-order valence-corrected chi connectivity index (χ3v) is 4.96. The van der Waals surface area contributed by atoms with Crippen molar-refractivity contribution in [1.29, 1.82) is 0 Å². The molecule has 0 bridgehead atoms. The summed E-state index contributed by atoms with van der Waals surface area (Å²) in [4.78, 5) is 14.0. The molecule has 1 rings (SSSR count). The van der Waals surface area contributed by atoms with Gasteiger partial charge in [0.2, 0.25) is 5.91 Å². The first-order valence-electron chi connectivity index (χ1n) is 6.78. The molecule has 2 N–H and O–H groups in total. The van der Waals surface area contributed by atoms with Crippen LogP contribution in [0.15, 0.2) is 0 Å². The number of rotatable bonds is 5. The molecule has 0 aromatic carbocycles. The Kier molecular flexibility index (Phi) is 6.31. The van der Waals surface area contributed by atoms with Crippen LogP contribution in [0, 0.1) is 5.41 Å². The zero-order valence-electron chi connectivity index (χ0n) is 13.0. The molecule has 0 aromatic heterocycles. The smallest absolute Gasteiger partial charge is 0.239 e. The number of carbonyl (C=O) groups is 1. The zero-order chi connectivity index (χ0) is 14.1. The number of nitrogens with zero attached hydrogens (tertiary/aromatic N) is 1. The molecular weight excluding hydrogens is 264 g/mol. The van der Waals surface area contributed by atoms with Crippen molar-refractivity contribution >= 4 is 18.3 Å². The van der Waals surface area contributed by atoms with Gasteiger partial charge in [0, 0.05) is 25.6 Å². The third-order valence-electron chi connectivity index (χ3n) is 4.96. The lowest BCUT2D eigenvalue weighted by Gasteiger charge is -2.61. The van der Waals surface area contributed by atoms with Crippen molar-refractivity contribution in [2.75, 3.05) is 14.2 Å². The quantitative estimate of drug-likeness (QED) is 0.845. The topological polar surface area (TPSA) is 55.6 Å². The van der Waals surface area contributed by atoms with Crippen molar-refractivity contribution in [3.05, 3.63) is 0 Å². The number of nitrogens with two attached hydrogens (primary N) is 1. The van der Waals surface area contributed by atoms with Crippen LogP contribution in [0.1, 0.15) is 47.0 Å². The van der Waals surface area contributed by atoms with Gasteiger partial charge in [-0.2, -0.15) is 0 Å². The summed E-state index contributed by atoms with van der Waals surface area (Å²) >= 11 is 0. The summed E-state index contributed by atoms with van der Waals surface area (Å²) in [5.74, 6) is 0.0491. The SMILES string of the molecule is CCCC(N)C(=O)N(C)C1CC(C)(OC)C1(C)C.Cl. The molecule has 0 heterocycles. The number of halogens is 1. The highest BCUT2D eigenvalue weighted by Gasteiger charge is 2.59. The number of carbonyl (C=O) groups excluding carboxylic acids is 1. The minimum absolute atomic E-state index is 0. The molecule has 1 saturated carbocycles. The first kappa shape index (κ1) is 18.7. The van der Waals surface area contributed by atoms with Gasteiger partial charge in [-0.25, -0.2) is 0 Å². The van der Waals surface area contributed by atoms with Gasteiger partial charge in [0.15, 0.2) is 0 Å². The first-order chi connectivity index (χ1) is 8.21. The van der Waals surface area contributed by atoms with E-state index in [4.69, 9.17) is 10.5 Å². The molecule has 4 nitrogen and oxygen atoms in total. The average molecular weight is 293 g/mol. The third kappa shape index (κ3) is 3.06. The Hall–Kier alpha value is -0.320. The molecule has 1 aliphatic carbocycles. The Labute approximate surface area is 123 Å². The number of ether oxygens (including phenoxy) is 1. The number of hydrogen-bond donors (Lipinski definition) is 1. The average Bonchev–Trinajstić information content (AvgIpc) is 2.33. The van der Waals surface area contributed by atoms with E-state index >= 15 is 0 Å². The standard InChI is InChI=1S/C14H28N2O2.ClH/c1-7-8-10(15)12(17)16(5)11-9-14(4,18-6)13(11,2)3;/h10-11H,7-9,15H2,1-6H3;1H. The van der Waals surface area contributed by atoms with E-state index in [9.17, 15) is 4.79 Å². The van der Waals surface area contributed by atoms with E-state index in [-0.39, 0.29) is 41.4 Å². The Balaban J connectivity index is 0.00000324. The summed E-state index contributed by atoms with van der Waals surface area (Å²) in [5, 5.41) is 0. The fraction of sp³-hybridized carbons (Fsp3) is 0.929. The van der Waals surface area contributed by atoms with Gasteiger partial charge in [0.05, 0.1) is 11.6 Å². The fourth-order valence-corrected chi connectivity index (χ4v) is 2.93. The largest absolute Gasteiger partial charge is 0.378 e. The van der Waals surface area contributed by atoms with Crippen LogP contribution in [-0.2, 0) is 9.53 Å². The van der Waals surface area contributed by atoms with Gasteiger partial charge in [-0.05, 0) is 19.8 Å². The molecule has 114 valence electrons. The van der Waals surface area contributed by atoms with E-state index in [0.29, 0.717) is 0 Å². The van der Waals surface area contributed by atoms with Crippen molar-refractivity contribution in [2.45, 2.75) is 64.6 Å². The second-order valence-corrected chi connectivity index (χ2v) is 6.22. The minimum Gasteiger partial charge on any atom is -0.378 e. The summed E-state index contributed by atoms with van der Waals surface area (Å²) in [6.45, 7) is 8.45. The molecule has 19 heavy (non-hydrogen) atoms. The Morgan fingerprint density at radius 3 is 2.37 bits per heavy atom. The highest BCUT2D eigenvalue weighted by molar-refractivity contribution is 5.85. The van der Waals surface area contributed by atoms with Gasteiger partial charge in [-0.1, -0.05) is 27.2 Å². The lowest BCUT2D eigenvalue weighted by Crippen LogP contribution is -2.69. The van der Waals surface area contributed by atoms with Gasteiger partial charge in [0.1, 0.15) is 0 Å².